The Morgan fingerprint density at radius 2 is 1.95 bits per heavy atom. The Morgan fingerprint density at radius 1 is 1.23 bits per heavy atom. The van der Waals surface area contributed by atoms with Crippen molar-refractivity contribution in [2.24, 2.45) is 0 Å². The predicted octanol–water partition coefficient (Wildman–Crippen LogP) is 4.71. The minimum atomic E-state index is -0.740. The summed E-state index contributed by atoms with van der Waals surface area (Å²) in [7, 11) is 0. The van der Waals surface area contributed by atoms with E-state index in [1.165, 1.54) is 22.7 Å². The Balaban J connectivity index is 1.86. The molecular formula is C15H10F2N2OS2. The summed E-state index contributed by atoms with van der Waals surface area (Å²) in [6.45, 7) is 1.73. The Bertz CT molecular complexity index is 808. The molecule has 0 saturated heterocycles. The van der Waals surface area contributed by atoms with Gasteiger partial charge in [0.25, 0.3) is 5.91 Å². The average molecular weight is 336 g/mol. The second-order valence-corrected chi connectivity index (χ2v) is 6.47. The van der Waals surface area contributed by atoms with Crippen molar-refractivity contribution in [1.29, 1.82) is 0 Å². The van der Waals surface area contributed by atoms with Crippen molar-refractivity contribution in [3.05, 3.63) is 57.9 Å². The number of amides is 1. The van der Waals surface area contributed by atoms with E-state index in [0.29, 0.717) is 10.6 Å². The number of nitrogens with one attached hydrogen (secondary N) is 1. The molecular weight excluding hydrogens is 326 g/mol. The van der Waals surface area contributed by atoms with Gasteiger partial charge >= 0.3 is 0 Å². The maximum atomic E-state index is 13.2. The van der Waals surface area contributed by atoms with Gasteiger partial charge in [0.05, 0.1) is 10.6 Å². The molecule has 3 rings (SSSR count). The van der Waals surface area contributed by atoms with Crippen LogP contribution in [0.15, 0.2) is 35.7 Å². The minimum absolute atomic E-state index is 0.0768. The van der Waals surface area contributed by atoms with Crippen molar-refractivity contribution in [2.45, 2.75) is 6.92 Å². The minimum Gasteiger partial charge on any atom is -0.321 e. The van der Waals surface area contributed by atoms with E-state index in [9.17, 15) is 13.6 Å². The van der Waals surface area contributed by atoms with Gasteiger partial charge in [-0.2, -0.15) is 0 Å². The maximum absolute atomic E-state index is 13.2. The quantitative estimate of drug-likeness (QED) is 0.752. The molecule has 1 amide bonds. The van der Waals surface area contributed by atoms with Crippen LogP contribution in [0.4, 0.5) is 14.5 Å². The van der Waals surface area contributed by atoms with Gasteiger partial charge < -0.3 is 5.32 Å². The summed E-state index contributed by atoms with van der Waals surface area (Å²) < 4.78 is 26.3. The standard InChI is InChI=1S/C15H10F2N2OS2/c1-8-13(22-15(18-8)12-3-2-4-21-12)14(20)19-11-6-9(16)5-10(17)7-11/h2-7H,1H3,(H,19,20). The molecule has 2 heterocycles. The lowest BCUT2D eigenvalue weighted by atomic mass is 10.3. The monoisotopic (exact) mass is 336 g/mol. The summed E-state index contributed by atoms with van der Waals surface area (Å²) in [5.74, 6) is -1.91. The van der Waals surface area contributed by atoms with Gasteiger partial charge in [0.15, 0.2) is 0 Å². The number of aryl methyl sites for hydroxylation is 1. The molecule has 3 aromatic rings. The third-order valence-corrected chi connectivity index (χ3v) is 5.05. The number of carbonyl (C=O) groups excluding carboxylic acids is 1. The van der Waals surface area contributed by atoms with Crippen molar-refractivity contribution >= 4 is 34.3 Å². The summed E-state index contributed by atoms with van der Waals surface area (Å²) in [5.41, 5.74) is 0.663. The Labute approximate surface area is 133 Å². The molecule has 3 nitrogen and oxygen atoms in total. The lowest BCUT2D eigenvalue weighted by Gasteiger charge is -2.04. The Hall–Kier alpha value is -2.12. The highest BCUT2D eigenvalue weighted by atomic mass is 32.1. The van der Waals surface area contributed by atoms with Crippen molar-refractivity contribution in [1.82, 2.24) is 4.98 Å². The number of benzene rings is 1. The highest BCUT2D eigenvalue weighted by Gasteiger charge is 2.17. The molecule has 1 aromatic carbocycles. The highest BCUT2D eigenvalue weighted by Crippen LogP contribution is 2.31. The lowest BCUT2D eigenvalue weighted by Crippen LogP contribution is -2.11. The zero-order valence-electron chi connectivity index (χ0n) is 11.4. The third kappa shape index (κ3) is 3.05. The summed E-state index contributed by atoms with van der Waals surface area (Å²) in [6, 6.07) is 6.72. The van der Waals surface area contributed by atoms with Gasteiger partial charge in [0.1, 0.15) is 21.5 Å². The van der Waals surface area contributed by atoms with E-state index in [4.69, 9.17) is 0 Å². The number of anilines is 1. The number of thiazole rings is 1. The molecule has 22 heavy (non-hydrogen) atoms. The van der Waals surface area contributed by atoms with E-state index in [1.807, 2.05) is 17.5 Å². The van der Waals surface area contributed by atoms with Crippen molar-refractivity contribution in [3.8, 4) is 9.88 Å². The number of hydrogen-bond donors (Lipinski definition) is 1. The lowest BCUT2D eigenvalue weighted by molar-refractivity contribution is 0.103. The molecule has 112 valence electrons. The van der Waals surface area contributed by atoms with Crippen LogP contribution in [0.1, 0.15) is 15.4 Å². The molecule has 0 aliphatic rings. The summed E-state index contributed by atoms with van der Waals surface area (Å²) in [4.78, 5) is 18.0. The molecule has 2 aromatic heterocycles. The summed E-state index contributed by atoms with van der Waals surface area (Å²) >= 11 is 2.79. The fourth-order valence-corrected chi connectivity index (χ4v) is 3.68. The number of carbonyl (C=O) groups is 1. The van der Waals surface area contributed by atoms with E-state index in [2.05, 4.69) is 10.3 Å². The molecule has 0 radical (unpaired) electrons. The van der Waals surface area contributed by atoms with Crippen LogP contribution in [-0.4, -0.2) is 10.9 Å². The first-order valence-electron chi connectivity index (χ1n) is 6.31. The SMILES string of the molecule is Cc1nc(-c2cccs2)sc1C(=O)Nc1cc(F)cc(F)c1. The van der Waals surface area contributed by atoms with Crippen LogP contribution >= 0.6 is 22.7 Å². The number of thiophene rings is 1. The summed E-state index contributed by atoms with van der Waals surface area (Å²) in [6.07, 6.45) is 0. The van der Waals surface area contributed by atoms with Crippen molar-refractivity contribution < 1.29 is 13.6 Å². The van der Waals surface area contributed by atoms with Gasteiger partial charge in [-0.1, -0.05) is 6.07 Å². The molecule has 0 spiro atoms. The van der Waals surface area contributed by atoms with Crippen LogP contribution in [0.25, 0.3) is 9.88 Å². The van der Waals surface area contributed by atoms with Gasteiger partial charge in [-0.05, 0) is 30.5 Å². The number of nitrogens with zero attached hydrogens (tertiary/aromatic N) is 1. The number of rotatable bonds is 3. The summed E-state index contributed by atoms with van der Waals surface area (Å²) in [5, 5.41) is 5.18. The molecule has 0 bridgehead atoms. The van der Waals surface area contributed by atoms with Gasteiger partial charge in [-0.15, -0.1) is 22.7 Å². The second-order valence-electron chi connectivity index (χ2n) is 4.52. The number of halogens is 2. The zero-order valence-corrected chi connectivity index (χ0v) is 13.0. The molecule has 0 aliphatic carbocycles. The zero-order chi connectivity index (χ0) is 15.7. The van der Waals surface area contributed by atoms with E-state index < -0.39 is 17.5 Å². The van der Waals surface area contributed by atoms with Crippen LogP contribution < -0.4 is 5.32 Å². The molecule has 0 unspecified atom stereocenters. The van der Waals surface area contributed by atoms with Crippen LogP contribution in [0.5, 0.6) is 0 Å². The van der Waals surface area contributed by atoms with Crippen LogP contribution in [0.2, 0.25) is 0 Å². The molecule has 0 fully saturated rings. The fourth-order valence-electron chi connectivity index (χ4n) is 1.93. The molecule has 0 atom stereocenters. The van der Waals surface area contributed by atoms with Crippen LogP contribution in [0.3, 0.4) is 0 Å². The molecule has 7 heteroatoms. The number of aromatic nitrogens is 1. The van der Waals surface area contributed by atoms with E-state index in [-0.39, 0.29) is 5.69 Å². The first-order valence-corrected chi connectivity index (χ1v) is 8.01. The van der Waals surface area contributed by atoms with Gasteiger partial charge in [0, 0.05) is 11.8 Å². The Morgan fingerprint density at radius 3 is 2.59 bits per heavy atom. The van der Waals surface area contributed by atoms with Gasteiger partial charge in [0.2, 0.25) is 0 Å². The Kier molecular flexibility index (Phi) is 4.00. The van der Waals surface area contributed by atoms with E-state index in [1.54, 1.807) is 6.92 Å². The van der Waals surface area contributed by atoms with Crippen molar-refractivity contribution in [3.63, 3.8) is 0 Å². The van der Waals surface area contributed by atoms with Crippen LogP contribution in [0, 0.1) is 18.6 Å². The van der Waals surface area contributed by atoms with Gasteiger partial charge in [-0.25, -0.2) is 13.8 Å². The number of hydrogen-bond acceptors (Lipinski definition) is 4. The predicted molar refractivity (Wildman–Crippen MR) is 84.5 cm³/mol. The normalized spacial score (nSPS) is 10.7. The van der Waals surface area contributed by atoms with Crippen molar-refractivity contribution in [2.75, 3.05) is 5.32 Å². The first-order chi connectivity index (χ1) is 10.5. The first kappa shape index (κ1) is 14.8. The highest BCUT2D eigenvalue weighted by molar-refractivity contribution is 7.22. The third-order valence-electron chi connectivity index (χ3n) is 2.86. The largest absolute Gasteiger partial charge is 0.321 e. The smallest absolute Gasteiger partial charge is 0.267 e. The topological polar surface area (TPSA) is 42.0 Å². The fraction of sp³-hybridized carbons (Fsp3) is 0.0667. The second kappa shape index (κ2) is 5.94. The maximum Gasteiger partial charge on any atom is 0.267 e. The van der Waals surface area contributed by atoms with Crippen LogP contribution in [-0.2, 0) is 0 Å². The molecule has 0 saturated carbocycles. The molecule has 1 N–H and O–H groups in total. The van der Waals surface area contributed by atoms with E-state index >= 15 is 0 Å². The van der Waals surface area contributed by atoms with Gasteiger partial charge in [-0.3, -0.25) is 4.79 Å². The van der Waals surface area contributed by atoms with E-state index in [0.717, 1.165) is 28.1 Å². The molecule has 0 aliphatic heterocycles. The average Bonchev–Trinajstić information content (AvgIpc) is 3.05.